The van der Waals surface area contributed by atoms with E-state index in [1.54, 1.807) is 6.92 Å². The first-order valence-corrected chi connectivity index (χ1v) is 10.8. The maximum Gasteiger partial charge on any atom is 0.501 e. The molecule has 0 radical (unpaired) electrons. The van der Waals surface area contributed by atoms with Gasteiger partial charge in [0.15, 0.2) is 0 Å². The molecular weight excluding hydrogens is 324 g/mol. The smallest absolute Gasteiger partial charge is 0.494 e. The van der Waals surface area contributed by atoms with Crippen LogP contribution in [-0.2, 0) is 19.7 Å². The lowest BCUT2D eigenvalue weighted by Gasteiger charge is -2.28. The largest absolute Gasteiger partial charge is 0.501 e. The summed E-state index contributed by atoms with van der Waals surface area (Å²) in [4.78, 5) is 0. The van der Waals surface area contributed by atoms with Crippen molar-refractivity contribution < 1.29 is 23.1 Å². The molecule has 0 aliphatic heterocycles. The highest BCUT2D eigenvalue weighted by atomic mass is 28.4. The van der Waals surface area contributed by atoms with Crippen LogP contribution >= 0.6 is 0 Å². The van der Waals surface area contributed by atoms with Crippen molar-refractivity contribution in [3.05, 3.63) is 29.8 Å². The average Bonchev–Trinajstić information content (AvgIpc) is 2.53. The minimum absolute atomic E-state index is 0.328. The molecule has 1 rings (SSSR count). The molecule has 0 bridgehead atoms. The fraction of sp³-hybridized carbons (Fsp3) is 0.667. The molecule has 138 valence electrons. The first-order chi connectivity index (χ1) is 11.5. The third-order valence-corrected chi connectivity index (χ3v) is 6.59. The van der Waals surface area contributed by atoms with E-state index in [-0.39, 0.29) is 6.10 Å². The van der Waals surface area contributed by atoms with Gasteiger partial charge in [-0.05, 0) is 58.2 Å². The van der Waals surface area contributed by atoms with E-state index in [1.807, 2.05) is 45.0 Å². The second-order valence-electron chi connectivity index (χ2n) is 5.63. The van der Waals surface area contributed by atoms with E-state index in [4.69, 9.17) is 18.0 Å². The summed E-state index contributed by atoms with van der Waals surface area (Å²) >= 11 is 0. The maximum absolute atomic E-state index is 9.39. The van der Waals surface area contributed by atoms with Crippen LogP contribution in [0.4, 0.5) is 0 Å². The molecule has 1 atom stereocenters. The Morgan fingerprint density at radius 1 is 0.958 bits per heavy atom. The number of hydrogen-bond donors (Lipinski definition) is 1. The summed E-state index contributed by atoms with van der Waals surface area (Å²) in [5.74, 6) is 0.834. The fourth-order valence-corrected chi connectivity index (χ4v) is 5.12. The van der Waals surface area contributed by atoms with Crippen LogP contribution in [0.5, 0.6) is 5.75 Å². The second-order valence-corrected chi connectivity index (χ2v) is 8.36. The van der Waals surface area contributed by atoms with Crippen LogP contribution in [0.2, 0.25) is 6.04 Å². The fourth-order valence-electron chi connectivity index (χ4n) is 2.54. The van der Waals surface area contributed by atoms with Gasteiger partial charge in [-0.1, -0.05) is 12.1 Å². The molecule has 0 amide bonds. The molecule has 1 unspecified atom stereocenters. The molecule has 0 aliphatic rings. The Kier molecular flexibility index (Phi) is 10.2. The van der Waals surface area contributed by atoms with E-state index in [2.05, 4.69) is 0 Å². The molecule has 1 aromatic carbocycles. The van der Waals surface area contributed by atoms with Gasteiger partial charge in [-0.3, -0.25) is 0 Å². The summed E-state index contributed by atoms with van der Waals surface area (Å²) in [6.45, 7) is 10.1. The van der Waals surface area contributed by atoms with Crippen molar-refractivity contribution in [1.29, 1.82) is 0 Å². The van der Waals surface area contributed by atoms with Crippen molar-refractivity contribution in [2.75, 3.05) is 26.4 Å². The highest BCUT2D eigenvalue weighted by Crippen LogP contribution is 2.19. The Labute approximate surface area is 147 Å². The summed E-state index contributed by atoms with van der Waals surface area (Å²) < 4.78 is 23.3. The third kappa shape index (κ3) is 7.77. The zero-order valence-corrected chi connectivity index (χ0v) is 16.4. The SMILES string of the molecule is CCO[Si](CCCOc1ccc(CC(C)O)cc1)(OCC)OCC. The molecule has 0 fully saturated rings. The number of rotatable bonds is 13. The van der Waals surface area contributed by atoms with Gasteiger partial charge in [0.05, 0.1) is 12.7 Å². The highest BCUT2D eigenvalue weighted by molar-refractivity contribution is 6.60. The van der Waals surface area contributed by atoms with Crippen molar-refractivity contribution in [3.63, 3.8) is 0 Å². The van der Waals surface area contributed by atoms with E-state index in [1.165, 1.54) is 0 Å². The quantitative estimate of drug-likeness (QED) is 0.433. The molecule has 1 aromatic rings. The minimum atomic E-state index is -2.57. The van der Waals surface area contributed by atoms with Crippen LogP contribution in [0.15, 0.2) is 24.3 Å². The predicted octanol–water partition coefficient (Wildman–Crippen LogP) is 3.43. The van der Waals surface area contributed by atoms with Crippen LogP contribution in [0.3, 0.4) is 0 Å². The van der Waals surface area contributed by atoms with Gasteiger partial charge in [0, 0.05) is 25.9 Å². The molecule has 5 nitrogen and oxygen atoms in total. The van der Waals surface area contributed by atoms with E-state index in [0.717, 1.165) is 23.8 Å². The van der Waals surface area contributed by atoms with Crippen LogP contribution in [0.1, 0.15) is 39.7 Å². The highest BCUT2D eigenvalue weighted by Gasteiger charge is 2.39. The molecule has 0 spiro atoms. The van der Waals surface area contributed by atoms with Gasteiger partial charge in [0.25, 0.3) is 0 Å². The molecule has 0 saturated heterocycles. The lowest BCUT2D eigenvalue weighted by Crippen LogP contribution is -2.46. The molecule has 0 aliphatic carbocycles. The Morgan fingerprint density at radius 3 is 1.96 bits per heavy atom. The molecule has 24 heavy (non-hydrogen) atoms. The first kappa shape index (κ1) is 21.1. The zero-order chi connectivity index (χ0) is 17.8. The summed E-state index contributed by atoms with van der Waals surface area (Å²) in [6, 6.07) is 8.61. The van der Waals surface area contributed by atoms with E-state index < -0.39 is 8.80 Å². The Bertz CT molecular complexity index is 419. The van der Waals surface area contributed by atoms with Gasteiger partial charge in [-0.15, -0.1) is 0 Å². The molecule has 0 aromatic heterocycles. The number of ether oxygens (including phenoxy) is 1. The Hall–Kier alpha value is -0.923. The zero-order valence-electron chi connectivity index (χ0n) is 15.4. The Morgan fingerprint density at radius 2 is 1.50 bits per heavy atom. The number of benzene rings is 1. The molecule has 0 saturated carbocycles. The maximum atomic E-state index is 9.39. The van der Waals surface area contributed by atoms with Crippen molar-refractivity contribution in [3.8, 4) is 5.75 Å². The van der Waals surface area contributed by atoms with Gasteiger partial charge < -0.3 is 23.1 Å². The van der Waals surface area contributed by atoms with Gasteiger partial charge >= 0.3 is 8.80 Å². The third-order valence-electron chi connectivity index (χ3n) is 3.44. The number of hydrogen-bond acceptors (Lipinski definition) is 5. The number of aliphatic hydroxyl groups is 1. The molecule has 6 heteroatoms. The molecule has 0 heterocycles. The summed E-state index contributed by atoms with van der Waals surface area (Å²) in [6.07, 6.45) is 1.15. The normalized spacial score (nSPS) is 13.0. The lowest BCUT2D eigenvalue weighted by atomic mass is 10.1. The molecular formula is C18H32O5Si. The summed E-state index contributed by atoms with van der Waals surface area (Å²) in [7, 11) is -2.57. The van der Waals surface area contributed by atoms with Crippen LogP contribution in [-0.4, -0.2) is 46.4 Å². The summed E-state index contributed by atoms with van der Waals surface area (Å²) in [5.41, 5.74) is 1.10. The van der Waals surface area contributed by atoms with Crippen LogP contribution in [0.25, 0.3) is 0 Å². The lowest BCUT2D eigenvalue weighted by molar-refractivity contribution is 0.0696. The monoisotopic (exact) mass is 356 g/mol. The van der Waals surface area contributed by atoms with Crippen molar-refractivity contribution in [2.24, 2.45) is 0 Å². The van der Waals surface area contributed by atoms with E-state index >= 15 is 0 Å². The van der Waals surface area contributed by atoms with E-state index in [0.29, 0.717) is 32.8 Å². The van der Waals surface area contributed by atoms with Crippen molar-refractivity contribution >= 4 is 8.80 Å². The minimum Gasteiger partial charge on any atom is -0.494 e. The van der Waals surface area contributed by atoms with Crippen LogP contribution in [0, 0.1) is 0 Å². The van der Waals surface area contributed by atoms with Gasteiger partial charge in [0.2, 0.25) is 0 Å². The topological polar surface area (TPSA) is 57.2 Å². The van der Waals surface area contributed by atoms with Gasteiger partial charge in [-0.25, -0.2) is 0 Å². The average molecular weight is 357 g/mol. The number of aliphatic hydroxyl groups excluding tert-OH is 1. The van der Waals surface area contributed by atoms with Gasteiger partial charge in [-0.2, -0.15) is 0 Å². The second kappa shape index (κ2) is 11.6. The predicted molar refractivity (Wildman–Crippen MR) is 97.4 cm³/mol. The first-order valence-electron chi connectivity index (χ1n) is 8.86. The standard InChI is InChI=1S/C18H32O5Si/c1-5-21-24(22-6-2,23-7-3)14-8-13-20-18-11-9-17(10-12-18)15-16(4)19/h9-12,16,19H,5-8,13-15H2,1-4H3. The Balaban J connectivity index is 2.44. The van der Waals surface area contributed by atoms with Crippen molar-refractivity contribution in [1.82, 2.24) is 0 Å². The van der Waals surface area contributed by atoms with Crippen molar-refractivity contribution in [2.45, 2.75) is 52.7 Å². The van der Waals surface area contributed by atoms with E-state index in [9.17, 15) is 5.11 Å². The molecule has 1 N–H and O–H groups in total. The summed E-state index contributed by atoms with van der Waals surface area (Å²) in [5, 5.41) is 9.39. The van der Waals surface area contributed by atoms with Crippen LogP contribution < -0.4 is 4.74 Å². The van der Waals surface area contributed by atoms with Gasteiger partial charge in [0.1, 0.15) is 5.75 Å².